The Labute approximate surface area is 99.2 Å². The Morgan fingerprint density at radius 3 is 2.19 bits per heavy atom. The van der Waals surface area contributed by atoms with Gasteiger partial charge in [0.05, 0.1) is 11.7 Å². The Morgan fingerprint density at radius 2 is 1.81 bits per heavy atom. The molecule has 0 radical (unpaired) electrons. The van der Waals surface area contributed by atoms with E-state index < -0.39 is 0 Å². The van der Waals surface area contributed by atoms with Gasteiger partial charge in [0.2, 0.25) is 0 Å². The van der Waals surface area contributed by atoms with Crippen LogP contribution in [0.1, 0.15) is 34.6 Å². The molecule has 0 amide bonds. The molecule has 0 fully saturated rings. The lowest BCUT2D eigenvalue weighted by molar-refractivity contribution is 0.642. The lowest BCUT2D eigenvalue weighted by Crippen LogP contribution is -2.36. The molecule has 0 aliphatic heterocycles. The van der Waals surface area contributed by atoms with E-state index in [0.29, 0.717) is 18.4 Å². The van der Waals surface area contributed by atoms with Gasteiger partial charge >= 0.3 is 0 Å². The zero-order chi connectivity index (χ0) is 12.7. The van der Waals surface area contributed by atoms with Gasteiger partial charge in [0.25, 0.3) is 0 Å². The van der Waals surface area contributed by atoms with E-state index in [1.165, 1.54) is 0 Å². The van der Waals surface area contributed by atoms with Crippen molar-refractivity contribution in [3.05, 3.63) is 0 Å². The lowest BCUT2D eigenvalue weighted by Gasteiger charge is -2.17. The SMILES string of the molecule is CC(C)CN=C(NCC(C)C(=N)N)C(C)C. The summed E-state index contributed by atoms with van der Waals surface area (Å²) in [6, 6.07) is 0. The molecule has 94 valence electrons. The Hall–Kier alpha value is -1.06. The van der Waals surface area contributed by atoms with Gasteiger partial charge in [0.1, 0.15) is 0 Å². The molecular weight excluding hydrogens is 200 g/mol. The number of hydrogen-bond acceptors (Lipinski definition) is 2. The van der Waals surface area contributed by atoms with Gasteiger partial charge in [-0.1, -0.05) is 34.6 Å². The minimum absolute atomic E-state index is 0.0583. The summed E-state index contributed by atoms with van der Waals surface area (Å²) < 4.78 is 0. The van der Waals surface area contributed by atoms with E-state index in [-0.39, 0.29) is 11.8 Å². The largest absolute Gasteiger partial charge is 0.387 e. The van der Waals surface area contributed by atoms with E-state index in [4.69, 9.17) is 11.1 Å². The van der Waals surface area contributed by atoms with Crippen LogP contribution in [0.25, 0.3) is 0 Å². The molecule has 0 bridgehead atoms. The van der Waals surface area contributed by atoms with Gasteiger partial charge in [-0.25, -0.2) is 0 Å². The third-order valence-corrected chi connectivity index (χ3v) is 2.29. The summed E-state index contributed by atoms with van der Waals surface area (Å²) in [5.41, 5.74) is 5.42. The molecule has 4 heteroatoms. The van der Waals surface area contributed by atoms with Gasteiger partial charge in [0.15, 0.2) is 0 Å². The van der Waals surface area contributed by atoms with Gasteiger partial charge in [-0.15, -0.1) is 0 Å². The summed E-state index contributed by atoms with van der Waals surface area (Å²) in [4.78, 5) is 4.55. The number of rotatable bonds is 6. The van der Waals surface area contributed by atoms with Crippen LogP contribution in [-0.2, 0) is 0 Å². The number of nitrogens with two attached hydrogens (primary N) is 1. The predicted molar refractivity (Wildman–Crippen MR) is 71.1 cm³/mol. The molecule has 0 saturated carbocycles. The first-order chi connectivity index (χ1) is 7.34. The summed E-state index contributed by atoms with van der Waals surface area (Å²) >= 11 is 0. The highest BCUT2D eigenvalue weighted by molar-refractivity contribution is 5.85. The monoisotopic (exact) mass is 226 g/mol. The zero-order valence-electron chi connectivity index (χ0n) is 11.2. The van der Waals surface area contributed by atoms with E-state index in [2.05, 4.69) is 38.0 Å². The molecular formula is C12H26N4. The Bertz CT molecular complexity index is 243. The average Bonchev–Trinajstić information content (AvgIpc) is 2.15. The Morgan fingerprint density at radius 1 is 1.25 bits per heavy atom. The highest BCUT2D eigenvalue weighted by Gasteiger charge is 2.09. The van der Waals surface area contributed by atoms with Crippen molar-refractivity contribution in [2.45, 2.75) is 34.6 Å². The lowest BCUT2D eigenvalue weighted by atomic mass is 10.1. The van der Waals surface area contributed by atoms with E-state index in [1.54, 1.807) is 0 Å². The molecule has 0 aromatic heterocycles. The molecule has 4 N–H and O–H groups in total. The van der Waals surface area contributed by atoms with E-state index in [0.717, 1.165) is 12.4 Å². The summed E-state index contributed by atoms with van der Waals surface area (Å²) in [7, 11) is 0. The van der Waals surface area contributed by atoms with Crippen molar-refractivity contribution in [2.24, 2.45) is 28.5 Å². The minimum atomic E-state index is 0.0583. The fourth-order valence-corrected chi connectivity index (χ4v) is 1.09. The highest BCUT2D eigenvalue weighted by Crippen LogP contribution is 2.00. The van der Waals surface area contributed by atoms with Crippen LogP contribution in [0.2, 0.25) is 0 Å². The summed E-state index contributed by atoms with van der Waals surface area (Å²) in [6.07, 6.45) is 0. The first kappa shape index (κ1) is 14.9. The maximum Gasteiger partial charge on any atom is 0.0989 e. The molecule has 1 unspecified atom stereocenters. The number of nitrogens with zero attached hydrogens (tertiary/aromatic N) is 1. The molecule has 0 saturated heterocycles. The third kappa shape index (κ3) is 6.43. The minimum Gasteiger partial charge on any atom is -0.387 e. The van der Waals surface area contributed by atoms with Crippen LogP contribution < -0.4 is 11.1 Å². The van der Waals surface area contributed by atoms with Crippen LogP contribution in [0.4, 0.5) is 0 Å². The second-order valence-corrected chi connectivity index (χ2v) is 5.01. The number of aliphatic imine (C=N–C) groups is 1. The maximum atomic E-state index is 7.32. The molecule has 0 aliphatic carbocycles. The molecule has 4 nitrogen and oxygen atoms in total. The number of amidine groups is 2. The number of nitrogens with one attached hydrogen (secondary N) is 2. The van der Waals surface area contributed by atoms with Gasteiger partial charge in [0, 0.05) is 24.9 Å². The zero-order valence-corrected chi connectivity index (χ0v) is 11.2. The topological polar surface area (TPSA) is 74.3 Å². The van der Waals surface area contributed by atoms with Crippen molar-refractivity contribution in [1.82, 2.24) is 5.32 Å². The van der Waals surface area contributed by atoms with Gasteiger partial charge < -0.3 is 11.1 Å². The third-order valence-electron chi connectivity index (χ3n) is 2.29. The smallest absolute Gasteiger partial charge is 0.0989 e. The second-order valence-electron chi connectivity index (χ2n) is 5.01. The average molecular weight is 226 g/mol. The van der Waals surface area contributed by atoms with Crippen molar-refractivity contribution < 1.29 is 0 Å². The fourth-order valence-electron chi connectivity index (χ4n) is 1.09. The van der Waals surface area contributed by atoms with Crippen molar-refractivity contribution >= 4 is 11.7 Å². The van der Waals surface area contributed by atoms with Crippen LogP contribution in [-0.4, -0.2) is 24.8 Å². The van der Waals surface area contributed by atoms with Gasteiger partial charge in [-0.2, -0.15) is 0 Å². The molecule has 16 heavy (non-hydrogen) atoms. The first-order valence-corrected chi connectivity index (χ1v) is 5.96. The second kappa shape index (κ2) is 7.25. The molecule has 0 rings (SSSR count). The standard InChI is InChI=1S/C12H26N4/c1-8(2)6-15-12(9(3)4)16-7-10(5)11(13)14/h8-10H,6-7H2,1-5H3,(H3,13,14)(H,15,16). The van der Waals surface area contributed by atoms with E-state index >= 15 is 0 Å². The van der Waals surface area contributed by atoms with Crippen LogP contribution >= 0.6 is 0 Å². The molecule has 0 aromatic rings. The quantitative estimate of drug-likeness (QED) is 0.477. The van der Waals surface area contributed by atoms with Crippen molar-refractivity contribution in [3.63, 3.8) is 0 Å². The van der Waals surface area contributed by atoms with Crippen LogP contribution in [0.5, 0.6) is 0 Å². The Balaban J connectivity index is 4.24. The summed E-state index contributed by atoms with van der Waals surface area (Å²) in [6.45, 7) is 12.0. The van der Waals surface area contributed by atoms with E-state index in [9.17, 15) is 0 Å². The van der Waals surface area contributed by atoms with Gasteiger partial charge in [-0.05, 0) is 5.92 Å². The first-order valence-electron chi connectivity index (χ1n) is 5.96. The molecule has 0 aromatic carbocycles. The van der Waals surface area contributed by atoms with Crippen molar-refractivity contribution in [2.75, 3.05) is 13.1 Å². The molecule has 0 aliphatic rings. The normalized spacial score (nSPS) is 14.3. The van der Waals surface area contributed by atoms with Crippen LogP contribution in [0.3, 0.4) is 0 Å². The van der Waals surface area contributed by atoms with Gasteiger partial charge in [-0.3, -0.25) is 10.4 Å². The summed E-state index contributed by atoms with van der Waals surface area (Å²) in [5, 5.41) is 10.6. The predicted octanol–water partition coefficient (Wildman–Crippen LogP) is 1.86. The van der Waals surface area contributed by atoms with Crippen LogP contribution in [0, 0.1) is 23.2 Å². The fraction of sp³-hybridized carbons (Fsp3) is 0.833. The molecule has 0 heterocycles. The molecule has 1 atom stereocenters. The number of hydrogen-bond donors (Lipinski definition) is 3. The van der Waals surface area contributed by atoms with E-state index in [1.807, 2.05) is 6.92 Å². The van der Waals surface area contributed by atoms with Crippen molar-refractivity contribution in [3.8, 4) is 0 Å². The summed E-state index contributed by atoms with van der Waals surface area (Å²) in [5.74, 6) is 2.25. The molecule has 0 spiro atoms. The van der Waals surface area contributed by atoms with Crippen molar-refractivity contribution in [1.29, 1.82) is 5.41 Å². The maximum absolute atomic E-state index is 7.32. The Kier molecular flexibility index (Phi) is 6.77. The van der Waals surface area contributed by atoms with Crippen LogP contribution in [0.15, 0.2) is 4.99 Å². The highest BCUT2D eigenvalue weighted by atomic mass is 15.0.